The molecule has 3 aromatic carbocycles. The van der Waals surface area contributed by atoms with E-state index in [2.05, 4.69) is 4.98 Å². The molecule has 1 heterocycles. The number of carboxylic acid groups (broad SMARTS) is 1. The summed E-state index contributed by atoms with van der Waals surface area (Å²) in [4.78, 5) is 15.9. The number of rotatable bonds is 5. The molecule has 0 aliphatic carbocycles. The van der Waals surface area contributed by atoms with E-state index in [0.29, 0.717) is 29.3 Å². The predicted octanol–water partition coefficient (Wildman–Crippen LogP) is 6.00. The molecule has 0 aliphatic rings. The van der Waals surface area contributed by atoms with Crippen molar-refractivity contribution in [2.45, 2.75) is 12.3 Å². The minimum absolute atomic E-state index is 0.235. The van der Waals surface area contributed by atoms with Crippen LogP contribution in [0.1, 0.15) is 17.2 Å². The second-order valence-corrected chi connectivity index (χ2v) is 6.71. The molecule has 0 spiro atoms. The van der Waals surface area contributed by atoms with Crippen LogP contribution in [0.5, 0.6) is 5.75 Å². The number of benzene rings is 3. The number of aromatic nitrogens is 1. The first-order chi connectivity index (χ1) is 15.1. The Kier molecular flexibility index (Phi) is 5.29. The van der Waals surface area contributed by atoms with Crippen molar-refractivity contribution in [3.8, 4) is 17.2 Å². The van der Waals surface area contributed by atoms with E-state index in [1.807, 2.05) is 0 Å². The number of hydrogen-bond donors (Lipinski definition) is 1. The fourth-order valence-electron chi connectivity index (χ4n) is 3.03. The standard InChI is InChI=1S/C22H12F5NO4/c23-14-7-5-11(9-15(14)24)19(21(29)30)31-17-8-6-12(22(25,26)27)10-13(17)20-28-16-3-1-2-4-18(16)32-20/h1-10,19H,(H,29,30). The van der Waals surface area contributed by atoms with E-state index in [4.69, 9.17) is 9.15 Å². The number of halogens is 5. The number of hydrogen-bond acceptors (Lipinski definition) is 4. The van der Waals surface area contributed by atoms with Crippen LogP contribution in [0.25, 0.3) is 22.6 Å². The number of fused-ring (bicyclic) bond motifs is 1. The molecule has 32 heavy (non-hydrogen) atoms. The Balaban J connectivity index is 1.83. The lowest BCUT2D eigenvalue weighted by atomic mass is 10.1. The van der Waals surface area contributed by atoms with Gasteiger partial charge >= 0.3 is 12.1 Å². The van der Waals surface area contributed by atoms with Gasteiger partial charge in [-0.1, -0.05) is 18.2 Å². The summed E-state index contributed by atoms with van der Waals surface area (Å²) in [5.41, 5.74) is -0.894. The predicted molar refractivity (Wildman–Crippen MR) is 102 cm³/mol. The van der Waals surface area contributed by atoms with Crippen LogP contribution in [0, 0.1) is 11.6 Å². The first kappa shape index (κ1) is 21.3. The van der Waals surface area contributed by atoms with E-state index in [0.717, 1.165) is 18.2 Å². The number of carbonyl (C=O) groups is 1. The van der Waals surface area contributed by atoms with E-state index in [1.165, 1.54) is 0 Å². The fourth-order valence-corrected chi connectivity index (χ4v) is 3.03. The third kappa shape index (κ3) is 4.11. The zero-order valence-electron chi connectivity index (χ0n) is 15.9. The number of carboxylic acids is 1. The maximum Gasteiger partial charge on any atom is 0.416 e. The SMILES string of the molecule is O=C(O)C(Oc1ccc(C(F)(F)F)cc1-c1nc2ccccc2o1)c1ccc(F)c(F)c1. The number of para-hydroxylation sites is 2. The quantitative estimate of drug-likeness (QED) is 0.379. The number of oxazole rings is 1. The Labute approximate surface area is 176 Å². The van der Waals surface area contributed by atoms with Gasteiger partial charge in [-0.3, -0.25) is 0 Å². The molecule has 4 aromatic rings. The Morgan fingerprint density at radius 1 is 1.00 bits per heavy atom. The second kappa shape index (κ2) is 7.95. The zero-order chi connectivity index (χ0) is 23.0. The normalized spacial score (nSPS) is 12.7. The van der Waals surface area contributed by atoms with Crippen LogP contribution >= 0.6 is 0 Å². The minimum atomic E-state index is -4.70. The third-order valence-corrected chi connectivity index (χ3v) is 4.55. The monoisotopic (exact) mass is 449 g/mol. The van der Waals surface area contributed by atoms with E-state index in [-0.39, 0.29) is 22.8 Å². The molecule has 1 unspecified atom stereocenters. The molecule has 0 fully saturated rings. The third-order valence-electron chi connectivity index (χ3n) is 4.55. The summed E-state index contributed by atoms with van der Waals surface area (Å²) in [5, 5.41) is 9.55. The van der Waals surface area contributed by atoms with Crippen molar-refractivity contribution in [3.63, 3.8) is 0 Å². The molecular formula is C22H12F5NO4. The largest absolute Gasteiger partial charge is 0.478 e. The Hall–Kier alpha value is -3.95. The second-order valence-electron chi connectivity index (χ2n) is 6.71. The highest BCUT2D eigenvalue weighted by molar-refractivity contribution is 5.79. The van der Waals surface area contributed by atoms with Crippen molar-refractivity contribution in [2.75, 3.05) is 0 Å². The summed E-state index contributed by atoms with van der Waals surface area (Å²) in [6.45, 7) is 0. The summed E-state index contributed by atoms with van der Waals surface area (Å²) in [6.07, 6.45) is -6.55. The average Bonchev–Trinajstić information content (AvgIpc) is 3.17. The number of alkyl halides is 3. The number of nitrogens with zero attached hydrogens (tertiary/aromatic N) is 1. The molecular weight excluding hydrogens is 437 g/mol. The van der Waals surface area contributed by atoms with Gasteiger partial charge in [0.2, 0.25) is 12.0 Å². The lowest BCUT2D eigenvalue weighted by Crippen LogP contribution is -2.19. The highest BCUT2D eigenvalue weighted by Crippen LogP contribution is 2.39. The van der Waals surface area contributed by atoms with Crippen molar-refractivity contribution in [1.29, 1.82) is 0 Å². The van der Waals surface area contributed by atoms with E-state index in [9.17, 15) is 31.9 Å². The van der Waals surface area contributed by atoms with E-state index >= 15 is 0 Å². The molecule has 0 bridgehead atoms. The van der Waals surface area contributed by atoms with Crippen LogP contribution in [0.15, 0.2) is 65.1 Å². The van der Waals surface area contributed by atoms with E-state index in [1.54, 1.807) is 24.3 Å². The number of ether oxygens (including phenoxy) is 1. The fraction of sp³-hybridized carbons (Fsp3) is 0.0909. The summed E-state index contributed by atoms with van der Waals surface area (Å²) in [6, 6.07) is 11.1. The van der Waals surface area contributed by atoms with Crippen molar-refractivity contribution < 1.29 is 41.0 Å². The van der Waals surface area contributed by atoms with Gasteiger partial charge < -0.3 is 14.3 Å². The first-order valence-electron chi connectivity index (χ1n) is 9.05. The molecule has 0 amide bonds. The minimum Gasteiger partial charge on any atom is -0.478 e. The average molecular weight is 449 g/mol. The Morgan fingerprint density at radius 2 is 1.75 bits per heavy atom. The lowest BCUT2D eigenvalue weighted by molar-refractivity contribution is -0.145. The molecule has 1 atom stereocenters. The smallest absolute Gasteiger partial charge is 0.416 e. The van der Waals surface area contributed by atoms with Crippen LogP contribution in [0.4, 0.5) is 22.0 Å². The lowest BCUT2D eigenvalue weighted by Gasteiger charge is -2.18. The van der Waals surface area contributed by atoms with Crippen molar-refractivity contribution in [1.82, 2.24) is 4.98 Å². The van der Waals surface area contributed by atoms with Crippen LogP contribution in [0.3, 0.4) is 0 Å². The topological polar surface area (TPSA) is 72.6 Å². The van der Waals surface area contributed by atoms with Gasteiger partial charge in [0.15, 0.2) is 17.2 Å². The maximum absolute atomic E-state index is 13.6. The molecule has 0 saturated heterocycles. The highest BCUT2D eigenvalue weighted by Gasteiger charge is 2.33. The molecule has 5 nitrogen and oxygen atoms in total. The highest BCUT2D eigenvalue weighted by atomic mass is 19.4. The van der Waals surface area contributed by atoms with Crippen LogP contribution < -0.4 is 4.74 Å². The molecule has 0 radical (unpaired) electrons. The van der Waals surface area contributed by atoms with Crippen LogP contribution in [-0.4, -0.2) is 16.1 Å². The first-order valence-corrected chi connectivity index (χ1v) is 9.05. The van der Waals surface area contributed by atoms with E-state index < -0.39 is 35.4 Å². The molecule has 1 aromatic heterocycles. The van der Waals surface area contributed by atoms with Crippen molar-refractivity contribution in [2.24, 2.45) is 0 Å². The zero-order valence-corrected chi connectivity index (χ0v) is 15.9. The van der Waals surface area contributed by atoms with Gasteiger partial charge in [0.1, 0.15) is 11.3 Å². The van der Waals surface area contributed by atoms with Gasteiger partial charge in [-0.25, -0.2) is 18.6 Å². The van der Waals surface area contributed by atoms with Gasteiger partial charge in [0.25, 0.3) is 0 Å². The van der Waals surface area contributed by atoms with Crippen molar-refractivity contribution >= 4 is 17.1 Å². The molecule has 164 valence electrons. The Morgan fingerprint density at radius 3 is 2.41 bits per heavy atom. The maximum atomic E-state index is 13.6. The van der Waals surface area contributed by atoms with Gasteiger partial charge in [-0.05, 0) is 42.5 Å². The molecule has 10 heteroatoms. The van der Waals surface area contributed by atoms with Gasteiger partial charge in [0, 0.05) is 5.56 Å². The van der Waals surface area contributed by atoms with Gasteiger partial charge in [-0.15, -0.1) is 0 Å². The van der Waals surface area contributed by atoms with Gasteiger partial charge in [0.05, 0.1) is 11.1 Å². The molecule has 1 N–H and O–H groups in total. The summed E-state index contributed by atoms with van der Waals surface area (Å²) in [5.74, 6) is -4.61. The Bertz CT molecular complexity index is 1280. The van der Waals surface area contributed by atoms with Crippen molar-refractivity contribution in [3.05, 3.63) is 83.4 Å². The number of aliphatic carboxylic acids is 1. The molecule has 4 rings (SSSR count). The summed E-state index contributed by atoms with van der Waals surface area (Å²) in [7, 11) is 0. The molecule has 0 saturated carbocycles. The summed E-state index contributed by atoms with van der Waals surface area (Å²) >= 11 is 0. The summed E-state index contributed by atoms with van der Waals surface area (Å²) < 4.78 is 77.7. The van der Waals surface area contributed by atoms with Crippen LogP contribution in [0.2, 0.25) is 0 Å². The molecule has 0 aliphatic heterocycles. The van der Waals surface area contributed by atoms with Gasteiger partial charge in [-0.2, -0.15) is 13.2 Å². The van der Waals surface area contributed by atoms with Crippen LogP contribution in [-0.2, 0) is 11.0 Å².